The number of carboxylic acids is 2. The van der Waals surface area contributed by atoms with Crippen LogP contribution in [-0.4, -0.2) is 56.2 Å². The summed E-state index contributed by atoms with van der Waals surface area (Å²) in [5.74, 6) is -2.18. The number of aliphatic carboxylic acids is 2. The molecule has 0 bridgehead atoms. The number of carboxylic acid groups (broad SMARTS) is 2. The van der Waals surface area contributed by atoms with E-state index < -0.39 is 22.4 Å². The van der Waals surface area contributed by atoms with Crippen molar-refractivity contribution in [1.29, 1.82) is 0 Å². The molecule has 2 atom stereocenters. The summed E-state index contributed by atoms with van der Waals surface area (Å²) in [6.45, 7) is 4.58. The Morgan fingerprint density at radius 3 is 1.24 bits per heavy atom. The SMILES string of the molecule is CCC[CH2][Sn+2][CH2]CCC.O=CCCCCCCCC(S)C(=O)[O-].O=CCCCCCCCC(S)C(=O)[O-]. The zero-order valence-corrected chi connectivity index (χ0v) is 27.9. The Morgan fingerprint density at radius 2 is 0.946 bits per heavy atom. The standard InChI is InChI=1S/2C10H18O3S.2C4H9.Sn/c2*11-8-6-4-2-1-3-5-7-9(14)10(12)13;2*1-3-4-2;/h2*8-9,14H,1-7H2,(H,12,13);2*1,3-4H2,2H3;/q;;;;+2/p-2. The Balaban J connectivity index is -0.000000481. The molecule has 0 aromatic heterocycles. The minimum atomic E-state index is -1.09. The molecule has 0 radical (unpaired) electrons. The first-order chi connectivity index (χ1) is 17.8. The Hall–Kier alpha value is -0.221. The van der Waals surface area contributed by atoms with Crippen LogP contribution < -0.4 is 10.2 Å². The van der Waals surface area contributed by atoms with Gasteiger partial charge in [-0.15, -0.1) is 0 Å². The maximum absolute atomic E-state index is 10.3. The van der Waals surface area contributed by atoms with Crippen molar-refractivity contribution in [3.63, 3.8) is 0 Å². The molecular formula is C28H52O6S2Sn. The maximum Gasteiger partial charge on any atom is 0.119 e. The topological polar surface area (TPSA) is 114 Å². The normalized spacial score (nSPS) is 11.6. The van der Waals surface area contributed by atoms with E-state index in [4.69, 9.17) is 0 Å². The van der Waals surface area contributed by atoms with E-state index in [1.165, 1.54) is 25.7 Å². The minimum absolute atomic E-state index is 0.149. The van der Waals surface area contributed by atoms with Crippen molar-refractivity contribution in [3.05, 3.63) is 0 Å². The average Bonchev–Trinajstić information content (AvgIpc) is 2.88. The minimum Gasteiger partial charge on any atom is -0.549 e. The molecule has 0 fully saturated rings. The van der Waals surface area contributed by atoms with Gasteiger partial charge in [-0.2, -0.15) is 25.3 Å². The molecule has 0 amide bonds. The summed E-state index contributed by atoms with van der Waals surface area (Å²) in [6.07, 6.45) is 19.9. The van der Waals surface area contributed by atoms with E-state index in [1.807, 2.05) is 0 Å². The van der Waals surface area contributed by atoms with Crippen molar-refractivity contribution in [1.82, 2.24) is 0 Å². The number of carbonyl (C=O) groups excluding carboxylic acids is 4. The first kappa shape index (κ1) is 41.3. The van der Waals surface area contributed by atoms with Gasteiger partial charge in [0.15, 0.2) is 0 Å². The van der Waals surface area contributed by atoms with Crippen LogP contribution in [0, 0.1) is 0 Å². The van der Waals surface area contributed by atoms with E-state index in [1.54, 1.807) is 8.87 Å². The fourth-order valence-electron chi connectivity index (χ4n) is 3.16. The van der Waals surface area contributed by atoms with Crippen molar-refractivity contribution < 1.29 is 29.4 Å². The average molecular weight is 668 g/mol. The van der Waals surface area contributed by atoms with Crippen LogP contribution in [0.1, 0.15) is 129 Å². The molecule has 6 nitrogen and oxygen atoms in total. The van der Waals surface area contributed by atoms with Crippen molar-refractivity contribution in [2.24, 2.45) is 0 Å². The summed E-state index contributed by atoms with van der Waals surface area (Å²) in [5, 5.41) is 19.3. The number of hydrogen-bond donors (Lipinski definition) is 2. The van der Waals surface area contributed by atoms with Crippen molar-refractivity contribution >= 4 is 70.9 Å². The third-order valence-corrected chi connectivity index (χ3v) is 10.5. The molecular weight excluding hydrogens is 615 g/mol. The molecule has 216 valence electrons. The van der Waals surface area contributed by atoms with Gasteiger partial charge in [0.05, 0.1) is 11.9 Å². The maximum atomic E-state index is 10.3. The fourth-order valence-corrected chi connectivity index (χ4v) is 7.68. The van der Waals surface area contributed by atoms with Crippen molar-refractivity contribution in [2.75, 3.05) is 0 Å². The molecule has 0 aromatic rings. The zero-order chi connectivity index (χ0) is 28.6. The smallest absolute Gasteiger partial charge is 0.119 e. The van der Waals surface area contributed by atoms with Gasteiger partial charge in [0.25, 0.3) is 0 Å². The molecule has 9 heteroatoms. The van der Waals surface area contributed by atoms with Gasteiger partial charge in [0.1, 0.15) is 12.6 Å². The molecule has 37 heavy (non-hydrogen) atoms. The Bertz CT molecular complexity index is 479. The molecule has 0 N–H and O–H groups in total. The van der Waals surface area contributed by atoms with E-state index in [0.717, 1.165) is 76.8 Å². The number of rotatable bonds is 24. The van der Waals surface area contributed by atoms with Crippen LogP contribution in [0.3, 0.4) is 0 Å². The second-order valence-electron chi connectivity index (χ2n) is 9.15. The van der Waals surface area contributed by atoms with Crippen LogP contribution in [0.2, 0.25) is 8.87 Å². The third-order valence-electron chi connectivity index (χ3n) is 5.56. The predicted molar refractivity (Wildman–Crippen MR) is 158 cm³/mol. The largest absolute Gasteiger partial charge is 0.549 e. The Morgan fingerprint density at radius 1 is 0.622 bits per heavy atom. The van der Waals surface area contributed by atoms with E-state index in [-0.39, 0.29) is 21.1 Å². The number of unbranched alkanes of at least 4 members (excludes halogenated alkanes) is 12. The van der Waals surface area contributed by atoms with Crippen LogP contribution in [-0.2, 0) is 19.2 Å². The first-order valence-electron chi connectivity index (χ1n) is 14.1. The summed E-state index contributed by atoms with van der Waals surface area (Å²) < 4.78 is 3.25. The molecule has 0 aromatic carbocycles. The van der Waals surface area contributed by atoms with Gasteiger partial charge < -0.3 is 29.4 Å². The molecule has 0 saturated heterocycles. The monoisotopic (exact) mass is 668 g/mol. The molecule has 0 rings (SSSR count). The van der Waals surface area contributed by atoms with Crippen LogP contribution >= 0.6 is 25.3 Å². The molecule has 0 spiro atoms. The molecule has 0 heterocycles. The van der Waals surface area contributed by atoms with Crippen LogP contribution in [0.15, 0.2) is 0 Å². The molecule has 0 aliphatic carbocycles. The van der Waals surface area contributed by atoms with Gasteiger partial charge in [-0.1, -0.05) is 51.4 Å². The van der Waals surface area contributed by atoms with E-state index in [2.05, 4.69) is 39.1 Å². The fraction of sp³-hybridized carbons (Fsp3) is 0.857. The van der Waals surface area contributed by atoms with Gasteiger partial charge in [0.2, 0.25) is 0 Å². The van der Waals surface area contributed by atoms with Gasteiger partial charge in [-0.3, -0.25) is 0 Å². The molecule has 2 unspecified atom stereocenters. The van der Waals surface area contributed by atoms with Crippen LogP contribution in [0.25, 0.3) is 0 Å². The predicted octanol–water partition coefficient (Wildman–Crippen LogP) is 5.06. The Kier molecular flexibility index (Phi) is 39.9. The first-order valence-corrected chi connectivity index (χ1v) is 19.2. The zero-order valence-electron chi connectivity index (χ0n) is 23.3. The van der Waals surface area contributed by atoms with Crippen molar-refractivity contribution in [3.8, 4) is 0 Å². The van der Waals surface area contributed by atoms with E-state index in [0.29, 0.717) is 25.7 Å². The van der Waals surface area contributed by atoms with Gasteiger partial charge in [-0.25, -0.2) is 0 Å². The summed E-state index contributed by atoms with van der Waals surface area (Å²) in [7, 11) is 0. The summed E-state index contributed by atoms with van der Waals surface area (Å²) >= 11 is 7.90. The molecule has 0 aliphatic rings. The second kappa shape index (κ2) is 35.8. The van der Waals surface area contributed by atoms with Crippen molar-refractivity contribution in [2.45, 2.75) is 149 Å². The summed E-state index contributed by atoms with van der Waals surface area (Å²) in [5.41, 5.74) is 0. The molecule has 0 saturated carbocycles. The summed E-state index contributed by atoms with van der Waals surface area (Å²) in [6, 6.07) is 0. The number of thiol groups is 2. The second-order valence-corrected chi connectivity index (χ2v) is 14.7. The number of carbonyl (C=O) groups is 4. The quantitative estimate of drug-likeness (QED) is 0.0645. The van der Waals surface area contributed by atoms with Gasteiger partial charge >= 0.3 is 69.5 Å². The van der Waals surface area contributed by atoms with Gasteiger partial charge in [0, 0.05) is 23.3 Å². The van der Waals surface area contributed by atoms with Crippen LogP contribution in [0.5, 0.6) is 0 Å². The van der Waals surface area contributed by atoms with E-state index >= 15 is 0 Å². The number of hydrogen-bond acceptors (Lipinski definition) is 8. The number of aldehydes is 2. The third kappa shape index (κ3) is 40.4. The summed E-state index contributed by atoms with van der Waals surface area (Å²) in [4.78, 5) is 40.5. The Labute approximate surface area is 247 Å². The molecule has 0 aliphatic heterocycles. The van der Waals surface area contributed by atoms with Crippen LogP contribution in [0.4, 0.5) is 0 Å². The van der Waals surface area contributed by atoms with E-state index in [9.17, 15) is 29.4 Å². The van der Waals surface area contributed by atoms with Gasteiger partial charge in [-0.05, 0) is 25.7 Å².